The van der Waals surface area contributed by atoms with Gasteiger partial charge >= 0.3 is 7.12 Å². The Hall–Kier alpha value is -4.03. The summed E-state index contributed by atoms with van der Waals surface area (Å²) >= 11 is 0. The molecule has 2 amide bonds. The lowest BCUT2D eigenvalue weighted by Crippen LogP contribution is -2.56. The molecule has 0 bridgehead atoms. The maximum atomic E-state index is 13.6. The quantitative estimate of drug-likeness (QED) is 0.249. The zero-order valence-corrected chi connectivity index (χ0v) is 23.8. The van der Waals surface area contributed by atoms with Crippen molar-refractivity contribution < 1.29 is 24.5 Å². The van der Waals surface area contributed by atoms with E-state index in [0.29, 0.717) is 23.5 Å². The summed E-state index contributed by atoms with van der Waals surface area (Å²) in [5.74, 6) is -1.58. The molecule has 41 heavy (non-hydrogen) atoms. The molecule has 11 nitrogen and oxygen atoms in total. The Morgan fingerprint density at radius 2 is 1.88 bits per heavy atom. The molecule has 4 rings (SSSR count). The minimum atomic E-state index is -1.72. The molecule has 0 saturated heterocycles. The van der Waals surface area contributed by atoms with Crippen molar-refractivity contribution in [3.8, 4) is 11.3 Å². The van der Waals surface area contributed by atoms with Crippen LogP contribution in [0.5, 0.6) is 0 Å². The van der Waals surface area contributed by atoms with Crippen molar-refractivity contribution in [2.45, 2.75) is 64.5 Å². The van der Waals surface area contributed by atoms with Crippen LogP contribution in [-0.2, 0) is 16.1 Å². The normalized spacial score (nSPS) is 17.2. The van der Waals surface area contributed by atoms with Gasteiger partial charge in [-0.25, -0.2) is 0 Å². The molecule has 1 aromatic carbocycles. The molecule has 12 heteroatoms. The maximum Gasteiger partial charge on any atom is 0.475 e. The van der Waals surface area contributed by atoms with E-state index in [1.54, 1.807) is 23.1 Å². The molecular formula is C29H37BN6O5. The Morgan fingerprint density at radius 3 is 2.51 bits per heavy atom. The number of pyridine rings is 1. The lowest BCUT2D eigenvalue weighted by molar-refractivity contribution is -0.144. The van der Waals surface area contributed by atoms with Gasteiger partial charge in [0, 0.05) is 36.8 Å². The van der Waals surface area contributed by atoms with Crippen LogP contribution in [0.2, 0.25) is 0 Å². The lowest BCUT2D eigenvalue weighted by Gasteiger charge is -2.29. The van der Waals surface area contributed by atoms with Crippen LogP contribution in [-0.4, -0.2) is 67.5 Å². The second kappa shape index (κ2) is 13.1. The third-order valence-corrected chi connectivity index (χ3v) is 6.85. The number of hydrogen-bond donors (Lipinski definition) is 4. The number of nitrogens with zero attached hydrogens (tertiary/aromatic N) is 4. The van der Waals surface area contributed by atoms with Gasteiger partial charge < -0.3 is 25.5 Å². The highest BCUT2D eigenvalue weighted by Crippen LogP contribution is 2.29. The van der Waals surface area contributed by atoms with Crippen LogP contribution in [0.4, 0.5) is 0 Å². The summed E-state index contributed by atoms with van der Waals surface area (Å²) < 4.78 is 1.66. The Labute approximate surface area is 240 Å². The molecule has 0 saturated carbocycles. The summed E-state index contributed by atoms with van der Waals surface area (Å²) in [7, 11) is -1.72. The smallest absolute Gasteiger partial charge is 0.426 e. The van der Waals surface area contributed by atoms with Gasteiger partial charge in [-0.15, -0.1) is 0 Å². The van der Waals surface area contributed by atoms with Crippen molar-refractivity contribution in [2.75, 3.05) is 6.54 Å². The molecule has 1 aliphatic heterocycles. The van der Waals surface area contributed by atoms with Gasteiger partial charge in [0.1, 0.15) is 5.69 Å². The van der Waals surface area contributed by atoms with E-state index in [1.807, 2.05) is 70.2 Å². The second-order valence-electron chi connectivity index (χ2n) is 11.1. The van der Waals surface area contributed by atoms with E-state index in [2.05, 4.69) is 25.9 Å². The van der Waals surface area contributed by atoms with Gasteiger partial charge in [0.2, 0.25) is 5.60 Å². The molecule has 3 heterocycles. The van der Waals surface area contributed by atoms with E-state index in [-0.39, 0.29) is 37.3 Å². The van der Waals surface area contributed by atoms with Crippen LogP contribution in [0.1, 0.15) is 62.6 Å². The van der Waals surface area contributed by atoms with Crippen LogP contribution < -0.4 is 10.6 Å². The SMILES string of the molecule is CC(C)CC(NC(=O)C1(Cc2ccccc2)CC(CNC(=O)c2cc(-c3cccnc3)nn2C(C)C)=NO1)B(O)O. The van der Waals surface area contributed by atoms with Crippen LogP contribution in [0.3, 0.4) is 0 Å². The lowest BCUT2D eigenvalue weighted by atomic mass is 9.74. The first-order chi connectivity index (χ1) is 19.6. The number of amides is 2. The number of rotatable bonds is 12. The molecule has 0 aliphatic carbocycles. The van der Waals surface area contributed by atoms with Crippen molar-refractivity contribution in [3.05, 3.63) is 72.2 Å². The topological polar surface area (TPSA) is 151 Å². The van der Waals surface area contributed by atoms with Gasteiger partial charge in [-0.1, -0.05) is 49.3 Å². The molecule has 216 valence electrons. The Balaban J connectivity index is 1.49. The number of carbonyl (C=O) groups is 2. The Bertz CT molecular complexity index is 1360. The van der Waals surface area contributed by atoms with E-state index >= 15 is 0 Å². The highest BCUT2D eigenvalue weighted by atomic mass is 16.7. The molecule has 2 unspecified atom stereocenters. The minimum absolute atomic E-state index is 0.0591. The Kier molecular flexibility index (Phi) is 9.56. The summed E-state index contributed by atoms with van der Waals surface area (Å²) in [5, 5.41) is 34.2. The van der Waals surface area contributed by atoms with Gasteiger partial charge in [-0.05, 0) is 49.9 Å². The van der Waals surface area contributed by atoms with Crippen LogP contribution in [0.15, 0.2) is 66.1 Å². The first-order valence-corrected chi connectivity index (χ1v) is 13.8. The van der Waals surface area contributed by atoms with Gasteiger partial charge in [0.15, 0.2) is 0 Å². The fourth-order valence-electron chi connectivity index (χ4n) is 4.81. The zero-order chi connectivity index (χ0) is 29.6. The first-order valence-electron chi connectivity index (χ1n) is 13.8. The van der Waals surface area contributed by atoms with E-state index in [0.717, 1.165) is 11.1 Å². The molecular weight excluding hydrogens is 523 g/mol. The molecule has 2 atom stereocenters. The number of nitrogens with one attached hydrogen (secondary N) is 2. The number of benzene rings is 1. The fraction of sp³-hybridized carbons (Fsp3) is 0.414. The second-order valence-corrected chi connectivity index (χ2v) is 11.1. The highest BCUT2D eigenvalue weighted by Gasteiger charge is 2.48. The third kappa shape index (κ3) is 7.39. The van der Waals surface area contributed by atoms with Gasteiger partial charge in [0.05, 0.1) is 23.9 Å². The first kappa shape index (κ1) is 29.9. The minimum Gasteiger partial charge on any atom is -0.426 e. The Morgan fingerprint density at radius 1 is 1.12 bits per heavy atom. The van der Waals surface area contributed by atoms with Gasteiger partial charge in [0.25, 0.3) is 11.8 Å². The molecule has 0 radical (unpaired) electrons. The molecule has 0 spiro atoms. The van der Waals surface area contributed by atoms with E-state index in [4.69, 9.17) is 4.84 Å². The fourth-order valence-corrected chi connectivity index (χ4v) is 4.81. The van der Waals surface area contributed by atoms with Crippen LogP contribution in [0.25, 0.3) is 11.3 Å². The monoisotopic (exact) mass is 560 g/mol. The zero-order valence-electron chi connectivity index (χ0n) is 23.8. The number of hydrogen-bond acceptors (Lipinski definition) is 8. The summed E-state index contributed by atoms with van der Waals surface area (Å²) in [5.41, 5.74) is 1.77. The molecule has 2 aromatic heterocycles. The molecule has 1 aliphatic rings. The van der Waals surface area contributed by atoms with Crippen LogP contribution in [0, 0.1) is 5.92 Å². The standard InChI is InChI=1S/C29H37BN6O5/c1-19(2)13-26(30(39)40)33-28(38)29(15-21-9-6-5-7-10-21)16-23(35-41-29)18-32-27(37)25-14-24(34-36(25)20(3)4)22-11-8-12-31-17-22/h5-12,14,17,19-20,26,39-40H,13,15-16,18H2,1-4H3,(H,32,37)(H,33,38). The summed E-state index contributed by atoms with van der Waals surface area (Å²) in [6.45, 7) is 7.81. The van der Waals surface area contributed by atoms with E-state index < -0.39 is 24.6 Å². The summed E-state index contributed by atoms with van der Waals surface area (Å²) in [6, 6.07) is 14.7. The van der Waals surface area contributed by atoms with Crippen molar-refractivity contribution in [2.24, 2.45) is 11.1 Å². The van der Waals surface area contributed by atoms with E-state index in [1.165, 1.54) is 0 Å². The summed E-state index contributed by atoms with van der Waals surface area (Å²) in [6.07, 6.45) is 4.08. The molecule has 3 aromatic rings. The van der Waals surface area contributed by atoms with Crippen molar-refractivity contribution in [3.63, 3.8) is 0 Å². The molecule has 0 fully saturated rings. The number of oxime groups is 1. The average Bonchev–Trinajstić information content (AvgIpc) is 3.58. The average molecular weight is 560 g/mol. The predicted octanol–water partition coefficient (Wildman–Crippen LogP) is 2.56. The predicted molar refractivity (Wildman–Crippen MR) is 156 cm³/mol. The van der Waals surface area contributed by atoms with Gasteiger partial charge in [-0.3, -0.25) is 19.3 Å². The maximum absolute atomic E-state index is 13.6. The number of aromatic nitrogens is 3. The third-order valence-electron chi connectivity index (χ3n) is 6.85. The van der Waals surface area contributed by atoms with E-state index in [9.17, 15) is 19.6 Å². The van der Waals surface area contributed by atoms with Crippen molar-refractivity contribution in [1.29, 1.82) is 0 Å². The molecule has 4 N–H and O–H groups in total. The van der Waals surface area contributed by atoms with Crippen LogP contribution >= 0.6 is 0 Å². The van der Waals surface area contributed by atoms with Gasteiger partial charge in [-0.2, -0.15) is 5.10 Å². The van der Waals surface area contributed by atoms with Crippen molar-refractivity contribution >= 4 is 24.6 Å². The summed E-state index contributed by atoms with van der Waals surface area (Å²) in [4.78, 5) is 36.8. The van der Waals surface area contributed by atoms with Crippen molar-refractivity contribution in [1.82, 2.24) is 25.4 Å². The largest absolute Gasteiger partial charge is 0.475 e. The number of carbonyl (C=O) groups excluding carboxylic acids is 2. The highest BCUT2D eigenvalue weighted by molar-refractivity contribution is 6.43.